The minimum atomic E-state index is -0.0468. The van der Waals surface area contributed by atoms with Crippen molar-refractivity contribution in [2.75, 3.05) is 0 Å². The third kappa shape index (κ3) is 18.5. The number of benzene rings is 6. The summed E-state index contributed by atoms with van der Waals surface area (Å²) in [6.07, 6.45) is 4.91. The summed E-state index contributed by atoms with van der Waals surface area (Å²) in [5, 5.41) is 52.0. The van der Waals surface area contributed by atoms with Gasteiger partial charge < -0.3 is 71.9 Å². The summed E-state index contributed by atoms with van der Waals surface area (Å²) >= 11 is 0. The molecule has 0 amide bonds. The van der Waals surface area contributed by atoms with Gasteiger partial charge in [-0.15, -0.1) is 0 Å². The molecule has 6 aromatic carbocycles. The second kappa shape index (κ2) is 30.2. The molecule has 57 heavy (non-hydrogen) atoms. The predicted molar refractivity (Wildman–Crippen MR) is 228 cm³/mol. The van der Waals surface area contributed by atoms with E-state index in [2.05, 4.69) is 32.0 Å². The summed E-state index contributed by atoms with van der Waals surface area (Å²) in [4.78, 5) is 12.3. The summed E-state index contributed by atoms with van der Waals surface area (Å²) in [5.74, 6) is -0.0938. The van der Waals surface area contributed by atoms with Crippen molar-refractivity contribution in [2.45, 2.75) is 22.3 Å². The van der Waals surface area contributed by atoms with Gasteiger partial charge >= 0.3 is 0 Å². The molecule has 0 saturated carbocycles. The van der Waals surface area contributed by atoms with Crippen LogP contribution in [0.4, 0.5) is 22.7 Å². The Bertz CT molecular complexity index is 2310. The van der Waals surface area contributed by atoms with Crippen LogP contribution in [0.5, 0.6) is 17.2 Å². The van der Waals surface area contributed by atoms with Crippen LogP contribution in [0.2, 0.25) is 0 Å². The van der Waals surface area contributed by atoms with Crippen LogP contribution in [0.3, 0.4) is 0 Å². The summed E-state index contributed by atoms with van der Waals surface area (Å²) in [5.41, 5.74) is 5.83. The van der Waals surface area contributed by atoms with Crippen molar-refractivity contribution in [1.82, 2.24) is 0 Å². The van der Waals surface area contributed by atoms with E-state index in [9.17, 15) is 15.3 Å². The topological polar surface area (TPSA) is 163 Å². The van der Waals surface area contributed by atoms with Crippen LogP contribution in [0.15, 0.2) is 146 Å². The number of rotatable bonds is 6. The van der Waals surface area contributed by atoms with E-state index in [1.165, 1.54) is 18.2 Å². The maximum Gasteiger partial charge on any atom is 0.221 e. The van der Waals surface area contributed by atoms with Crippen LogP contribution in [-0.2, 0) is 0 Å². The van der Waals surface area contributed by atoms with Crippen LogP contribution in [0.1, 0.15) is 50.1 Å². The average molecular weight is 736 g/mol. The van der Waals surface area contributed by atoms with Crippen molar-refractivity contribution in [3.05, 3.63) is 185 Å². The third-order valence-electron chi connectivity index (χ3n) is 6.96. The van der Waals surface area contributed by atoms with E-state index in [0.29, 0.717) is 39.2 Å². The van der Waals surface area contributed by atoms with Crippen molar-refractivity contribution < 1.29 is 30.3 Å². The molecule has 0 saturated heterocycles. The van der Waals surface area contributed by atoms with Crippen LogP contribution in [0.25, 0.3) is 4.85 Å². The molecule has 0 fully saturated rings. The number of hydrogen-bond acceptors (Lipinski definition) is 5. The molecule has 0 atom stereocenters. The monoisotopic (exact) mass is 735 g/mol. The van der Waals surface area contributed by atoms with Gasteiger partial charge in [0.05, 0.1) is 18.2 Å². The maximum atomic E-state index is 11.5. The molecule has 0 spiro atoms. The van der Waals surface area contributed by atoms with E-state index in [0.717, 1.165) is 11.4 Å². The number of para-hydroxylation sites is 4. The molecule has 0 unspecified atom stereocenters. The van der Waals surface area contributed by atoms with Gasteiger partial charge in [-0.2, -0.15) is 10.5 Å². The maximum absolute atomic E-state index is 11.5. The van der Waals surface area contributed by atoms with E-state index >= 15 is 0 Å². The number of hydrogen-bond donors (Lipinski definition) is 3. The van der Waals surface area contributed by atoms with Gasteiger partial charge in [-0.3, -0.25) is 0 Å². The summed E-state index contributed by atoms with van der Waals surface area (Å²) in [6.45, 7) is 6.83. The van der Waals surface area contributed by atoms with E-state index in [-0.39, 0.29) is 96.1 Å². The zero-order valence-electron chi connectivity index (χ0n) is 30.2. The Balaban J connectivity index is -0.000000729. The van der Waals surface area contributed by atoms with Crippen LogP contribution in [-0.4, -0.2) is 75.2 Å². The normalized spacial score (nSPS) is 9.21. The van der Waals surface area contributed by atoms with Gasteiger partial charge in [0.15, 0.2) is 24.3 Å². The molecule has 0 aliphatic rings. The number of nitrogens with one attached hydrogen (secondary N) is 3. The first-order valence-corrected chi connectivity index (χ1v) is 15.4. The van der Waals surface area contributed by atoms with Gasteiger partial charge in [0, 0.05) is 34.9 Å². The van der Waals surface area contributed by atoms with E-state index in [4.69, 9.17) is 17.1 Å². The summed E-state index contributed by atoms with van der Waals surface area (Å²) in [7, 11) is 0. The van der Waals surface area contributed by atoms with E-state index < -0.39 is 0 Å². The molecular formula is C45H42Li3N6O3-3. The SMILES string of the molecule is C.C.C.N#Cc1cccc([NH+]=Cc2ccccc2[O-])c1.N#Cc1ccccc1[NH+]=Cc1ccccc1[O-].[C-]#[N+]c1ccc([NH+]=Cc2ccccc2[O-])cc1.[Li-].[Li-].[Li-]. The molecule has 6 radical (unpaired) electrons. The first kappa shape index (κ1) is 55.3. The second-order valence-electron chi connectivity index (χ2n) is 10.5. The fourth-order valence-electron chi connectivity index (χ4n) is 4.29. The van der Waals surface area contributed by atoms with Gasteiger partial charge in [0.2, 0.25) is 17.1 Å². The first-order chi connectivity index (χ1) is 24.9. The number of nitriles is 2. The molecule has 6 aromatic rings. The minimum absolute atomic E-state index is 0. The first-order valence-electron chi connectivity index (χ1n) is 15.4. The Hall–Kier alpha value is -6.01. The van der Waals surface area contributed by atoms with E-state index in [1.807, 2.05) is 18.2 Å². The Morgan fingerprint density at radius 3 is 1.39 bits per heavy atom. The van der Waals surface area contributed by atoms with E-state index in [1.54, 1.807) is 128 Å². The van der Waals surface area contributed by atoms with Crippen LogP contribution >= 0.6 is 0 Å². The largest absolute Gasteiger partial charge is 1.00 e. The van der Waals surface area contributed by atoms with Crippen molar-refractivity contribution in [3.8, 4) is 29.4 Å². The Morgan fingerprint density at radius 1 is 0.491 bits per heavy atom. The van der Waals surface area contributed by atoms with Gasteiger partial charge in [0.1, 0.15) is 11.6 Å². The van der Waals surface area contributed by atoms with Crippen LogP contribution < -0.4 is 30.3 Å². The van der Waals surface area contributed by atoms with Gasteiger partial charge in [-0.1, -0.05) is 112 Å². The Kier molecular flexibility index (Phi) is 29.4. The van der Waals surface area contributed by atoms with Crippen molar-refractivity contribution in [2.24, 2.45) is 0 Å². The predicted octanol–water partition coefficient (Wildman–Crippen LogP) is 2.83. The second-order valence-corrected chi connectivity index (χ2v) is 10.5. The minimum Gasteiger partial charge on any atom is -1.00 e. The molecule has 6 rings (SSSR count). The molecule has 0 aliphatic heterocycles. The molecule has 3 N–H and O–H groups in total. The average Bonchev–Trinajstić information content (AvgIpc) is 3.18. The standard InChI is InChI=1S/3C14H10N2O.3CH4.3Li/c1-15-12-6-8-13(9-7-12)16-10-11-4-2-3-5-14(11)17;15-9-11-5-1-3-7-13(11)16-10-12-6-2-4-8-14(12)17;15-9-11-4-3-6-13(8-11)16-10-12-5-1-2-7-14(12)17;;;;;;/h2-10,17H;2*1-8,10,17H;3*1H4;;;/q;;;;;;3*-1. The number of nitrogens with zero attached hydrogens (tertiary/aromatic N) is 3. The summed E-state index contributed by atoms with van der Waals surface area (Å²) in [6, 6.07) is 45.7. The van der Waals surface area contributed by atoms with Gasteiger partial charge in [-0.25, -0.2) is 19.8 Å². The Labute approximate surface area is 372 Å². The quantitative estimate of drug-likeness (QED) is 0.136. The molecule has 0 aromatic heterocycles. The zero-order valence-corrected chi connectivity index (χ0v) is 30.2. The van der Waals surface area contributed by atoms with Crippen molar-refractivity contribution in [1.29, 1.82) is 10.5 Å². The molecular weight excluding hydrogens is 693 g/mol. The third-order valence-corrected chi connectivity index (χ3v) is 6.96. The Morgan fingerprint density at radius 2 is 0.930 bits per heavy atom. The van der Waals surface area contributed by atoms with Crippen molar-refractivity contribution >= 4 is 98.0 Å². The van der Waals surface area contributed by atoms with Gasteiger partial charge in [-0.05, 0) is 54.6 Å². The fourth-order valence-corrected chi connectivity index (χ4v) is 4.29. The smallest absolute Gasteiger partial charge is 0.221 e. The van der Waals surface area contributed by atoms with Crippen molar-refractivity contribution in [3.63, 3.8) is 0 Å². The molecule has 12 heteroatoms. The molecule has 0 aliphatic carbocycles. The molecule has 276 valence electrons. The van der Waals surface area contributed by atoms with Gasteiger partial charge in [0.25, 0.3) is 0 Å². The zero-order chi connectivity index (χ0) is 36.3. The molecule has 0 heterocycles. The van der Waals surface area contributed by atoms with Crippen LogP contribution in [0, 0.1) is 29.2 Å². The molecule has 9 nitrogen and oxygen atoms in total. The fraction of sp³-hybridized carbons (Fsp3) is 0.0667. The molecule has 0 bridgehead atoms. The summed E-state index contributed by atoms with van der Waals surface area (Å²) < 4.78 is 0.